The minimum atomic E-state index is -1.16. The number of carbonyl (C=O) groups excluding carboxylic acids is 1. The second-order valence-electron chi connectivity index (χ2n) is 8.60. The molecule has 7 heteroatoms. The van der Waals surface area contributed by atoms with E-state index >= 15 is 4.39 Å². The minimum Gasteiger partial charge on any atom is -0.505 e. The normalized spacial score (nSPS) is 12.9. The van der Waals surface area contributed by atoms with E-state index in [0.29, 0.717) is 0 Å². The Balaban J connectivity index is 2.36. The SMILES string of the molecule is Cc1c([C@H](CC(C)(C)C)C(=O)O)c2c(F)c(O)ccc2n1C(=O)c1cccc(F)c1. The van der Waals surface area contributed by atoms with Gasteiger partial charge in [0, 0.05) is 16.6 Å². The van der Waals surface area contributed by atoms with Crippen LogP contribution in [-0.2, 0) is 4.79 Å². The number of aromatic hydroxyl groups is 1. The van der Waals surface area contributed by atoms with Crippen LogP contribution < -0.4 is 0 Å². The Labute approximate surface area is 172 Å². The van der Waals surface area contributed by atoms with Crippen LogP contribution in [0.3, 0.4) is 0 Å². The van der Waals surface area contributed by atoms with Gasteiger partial charge in [-0.1, -0.05) is 26.8 Å². The fourth-order valence-electron chi connectivity index (χ4n) is 3.84. The van der Waals surface area contributed by atoms with Crippen LogP contribution in [-0.4, -0.2) is 26.7 Å². The van der Waals surface area contributed by atoms with E-state index in [0.717, 1.165) is 12.1 Å². The van der Waals surface area contributed by atoms with E-state index < -0.39 is 40.6 Å². The van der Waals surface area contributed by atoms with Crippen molar-refractivity contribution in [3.8, 4) is 5.75 Å². The monoisotopic (exact) mass is 415 g/mol. The van der Waals surface area contributed by atoms with Crippen LogP contribution in [0.4, 0.5) is 8.78 Å². The molecule has 3 rings (SSSR count). The average Bonchev–Trinajstić information content (AvgIpc) is 2.94. The lowest BCUT2D eigenvalue weighted by molar-refractivity contribution is -0.139. The molecule has 0 saturated heterocycles. The summed E-state index contributed by atoms with van der Waals surface area (Å²) in [6.07, 6.45) is 0.186. The maximum absolute atomic E-state index is 15.0. The molecule has 3 aromatic rings. The van der Waals surface area contributed by atoms with Gasteiger partial charge < -0.3 is 10.2 Å². The number of carboxylic acid groups (broad SMARTS) is 1. The maximum atomic E-state index is 15.0. The van der Waals surface area contributed by atoms with Gasteiger partial charge in [0.05, 0.1) is 11.4 Å². The number of carboxylic acids is 1. The lowest BCUT2D eigenvalue weighted by Crippen LogP contribution is -2.21. The summed E-state index contributed by atoms with van der Waals surface area (Å²) in [4.78, 5) is 25.3. The van der Waals surface area contributed by atoms with E-state index in [1.54, 1.807) is 0 Å². The largest absolute Gasteiger partial charge is 0.505 e. The molecule has 2 N–H and O–H groups in total. The van der Waals surface area contributed by atoms with Gasteiger partial charge in [0.25, 0.3) is 5.91 Å². The van der Waals surface area contributed by atoms with Gasteiger partial charge in [-0.25, -0.2) is 8.78 Å². The molecule has 0 saturated carbocycles. The third kappa shape index (κ3) is 3.79. The maximum Gasteiger partial charge on any atom is 0.311 e. The van der Waals surface area contributed by atoms with Crippen molar-refractivity contribution in [3.05, 3.63) is 64.9 Å². The third-order valence-electron chi connectivity index (χ3n) is 5.07. The first-order valence-corrected chi connectivity index (χ1v) is 9.48. The summed E-state index contributed by atoms with van der Waals surface area (Å²) in [6.45, 7) is 7.12. The molecular formula is C23H23F2NO4. The Hall–Kier alpha value is -3.22. The van der Waals surface area contributed by atoms with E-state index in [-0.39, 0.29) is 34.1 Å². The van der Waals surface area contributed by atoms with Gasteiger partial charge in [-0.15, -0.1) is 0 Å². The molecular weight excluding hydrogens is 392 g/mol. The number of aliphatic carboxylic acids is 1. The summed E-state index contributed by atoms with van der Waals surface area (Å²) in [6, 6.07) is 7.54. The number of benzene rings is 2. The summed E-state index contributed by atoms with van der Waals surface area (Å²) in [5.74, 6) is -5.11. The summed E-state index contributed by atoms with van der Waals surface area (Å²) in [7, 11) is 0. The number of carbonyl (C=O) groups is 2. The fourth-order valence-corrected chi connectivity index (χ4v) is 3.84. The predicted molar refractivity (Wildman–Crippen MR) is 109 cm³/mol. The molecule has 0 aliphatic rings. The summed E-state index contributed by atoms with van der Waals surface area (Å²) in [5, 5.41) is 19.7. The number of fused-ring (bicyclic) bond motifs is 1. The van der Waals surface area contributed by atoms with Crippen LogP contribution in [0.15, 0.2) is 36.4 Å². The van der Waals surface area contributed by atoms with Crippen LogP contribution in [0.25, 0.3) is 10.9 Å². The highest BCUT2D eigenvalue weighted by molar-refractivity contribution is 6.05. The van der Waals surface area contributed by atoms with E-state index in [1.807, 2.05) is 20.8 Å². The molecule has 1 aromatic heterocycles. The van der Waals surface area contributed by atoms with Gasteiger partial charge in [-0.05, 0) is 54.7 Å². The number of nitrogens with zero attached hydrogens (tertiary/aromatic N) is 1. The second-order valence-corrected chi connectivity index (χ2v) is 8.60. The molecule has 158 valence electrons. The Kier molecular flexibility index (Phi) is 5.41. The summed E-state index contributed by atoms with van der Waals surface area (Å²) in [5.41, 5.74) is 0.125. The van der Waals surface area contributed by atoms with E-state index in [1.165, 1.54) is 35.8 Å². The van der Waals surface area contributed by atoms with Crippen molar-refractivity contribution in [1.82, 2.24) is 4.57 Å². The van der Waals surface area contributed by atoms with Crippen molar-refractivity contribution in [3.63, 3.8) is 0 Å². The average molecular weight is 415 g/mol. The topological polar surface area (TPSA) is 79.5 Å². The highest BCUT2D eigenvalue weighted by atomic mass is 19.1. The van der Waals surface area contributed by atoms with Crippen LogP contribution in [0.1, 0.15) is 54.7 Å². The zero-order valence-corrected chi connectivity index (χ0v) is 17.2. The highest BCUT2D eigenvalue weighted by Gasteiger charge is 2.34. The molecule has 30 heavy (non-hydrogen) atoms. The van der Waals surface area contributed by atoms with Crippen molar-refractivity contribution < 1.29 is 28.6 Å². The fraction of sp³-hybridized carbons (Fsp3) is 0.304. The molecule has 0 aliphatic heterocycles. The number of rotatable bonds is 4. The lowest BCUT2D eigenvalue weighted by Gasteiger charge is -2.24. The number of halogens is 2. The lowest BCUT2D eigenvalue weighted by atomic mass is 9.80. The molecule has 0 unspecified atom stereocenters. The van der Waals surface area contributed by atoms with Gasteiger partial charge >= 0.3 is 5.97 Å². The van der Waals surface area contributed by atoms with Gasteiger partial charge in [-0.3, -0.25) is 14.2 Å². The molecule has 1 heterocycles. The first-order chi connectivity index (χ1) is 13.9. The van der Waals surface area contributed by atoms with Crippen molar-refractivity contribution in [2.24, 2.45) is 5.41 Å². The predicted octanol–water partition coefficient (Wildman–Crippen LogP) is 5.23. The summed E-state index contributed by atoms with van der Waals surface area (Å²) < 4.78 is 29.9. The molecule has 5 nitrogen and oxygen atoms in total. The minimum absolute atomic E-state index is 0.0396. The molecule has 0 bridgehead atoms. The molecule has 0 amide bonds. The van der Waals surface area contributed by atoms with Crippen LogP contribution in [0.5, 0.6) is 5.75 Å². The number of hydrogen-bond acceptors (Lipinski definition) is 3. The van der Waals surface area contributed by atoms with Crippen molar-refractivity contribution in [2.75, 3.05) is 0 Å². The number of aromatic nitrogens is 1. The second kappa shape index (κ2) is 7.55. The third-order valence-corrected chi connectivity index (χ3v) is 5.07. The molecule has 0 radical (unpaired) electrons. The molecule has 1 atom stereocenters. The van der Waals surface area contributed by atoms with Crippen molar-refractivity contribution >= 4 is 22.8 Å². The Morgan fingerprint density at radius 3 is 2.37 bits per heavy atom. The number of phenols is 1. The molecule has 0 spiro atoms. The van der Waals surface area contributed by atoms with Gasteiger partial charge in [0.1, 0.15) is 5.82 Å². The van der Waals surface area contributed by atoms with Crippen LogP contribution >= 0.6 is 0 Å². The molecule has 0 fully saturated rings. The first kappa shape index (κ1) is 21.5. The highest BCUT2D eigenvalue weighted by Crippen LogP contribution is 2.41. The standard InChI is InChI=1S/C23H23F2NO4/c1-12-18(15(22(29)30)11-23(2,3)4)19-16(8-9-17(27)20(19)25)26(12)21(28)13-6-5-7-14(24)10-13/h5-10,15,27H,11H2,1-4H3,(H,29,30)/t15-/m0/s1. The summed E-state index contributed by atoms with van der Waals surface area (Å²) >= 11 is 0. The van der Waals surface area contributed by atoms with Crippen molar-refractivity contribution in [1.29, 1.82) is 0 Å². The van der Waals surface area contributed by atoms with Gasteiger partial charge in [-0.2, -0.15) is 0 Å². The first-order valence-electron chi connectivity index (χ1n) is 9.48. The molecule has 0 aliphatic carbocycles. The number of phenolic OH excluding ortho intramolecular Hbond substituents is 1. The van der Waals surface area contributed by atoms with E-state index in [2.05, 4.69) is 0 Å². The van der Waals surface area contributed by atoms with Gasteiger partial charge in [0.15, 0.2) is 11.6 Å². The quantitative estimate of drug-likeness (QED) is 0.612. The smallest absolute Gasteiger partial charge is 0.311 e. The Morgan fingerprint density at radius 1 is 1.13 bits per heavy atom. The molecule has 2 aromatic carbocycles. The zero-order valence-electron chi connectivity index (χ0n) is 17.2. The van der Waals surface area contributed by atoms with Crippen LogP contribution in [0, 0.1) is 24.0 Å². The Bertz CT molecular complexity index is 1160. The number of hydrogen-bond donors (Lipinski definition) is 2. The van der Waals surface area contributed by atoms with Crippen molar-refractivity contribution in [2.45, 2.75) is 40.0 Å². The van der Waals surface area contributed by atoms with E-state index in [9.17, 15) is 24.2 Å². The Morgan fingerprint density at radius 2 is 1.80 bits per heavy atom. The zero-order chi connectivity index (χ0) is 22.4. The van der Waals surface area contributed by atoms with Crippen LogP contribution in [0.2, 0.25) is 0 Å². The van der Waals surface area contributed by atoms with E-state index in [4.69, 9.17) is 0 Å². The van der Waals surface area contributed by atoms with Gasteiger partial charge in [0.2, 0.25) is 0 Å².